The van der Waals surface area contributed by atoms with E-state index in [0.29, 0.717) is 36.5 Å². The van der Waals surface area contributed by atoms with E-state index in [2.05, 4.69) is 32.2 Å². The van der Waals surface area contributed by atoms with E-state index in [9.17, 15) is 22.8 Å². The Morgan fingerprint density at radius 1 is 1.45 bits per heavy atom. The maximum atomic E-state index is 12.6. The summed E-state index contributed by atoms with van der Waals surface area (Å²) >= 11 is 0. The van der Waals surface area contributed by atoms with Gasteiger partial charge in [0.05, 0.1) is 23.9 Å². The normalized spacial score (nSPS) is 19.8. The van der Waals surface area contributed by atoms with E-state index in [4.69, 9.17) is 4.74 Å². The molecular weight excluding hydrogens is 441 g/mol. The van der Waals surface area contributed by atoms with Crippen molar-refractivity contribution < 1.29 is 27.5 Å². The molecule has 2 aromatic rings. The third kappa shape index (κ3) is 6.21. The van der Waals surface area contributed by atoms with E-state index >= 15 is 0 Å². The predicted molar refractivity (Wildman–Crippen MR) is 116 cm³/mol. The molecule has 3 rings (SSSR count). The number of rotatable bonds is 8. The molecule has 1 aliphatic rings. The van der Waals surface area contributed by atoms with Crippen LogP contribution in [0.5, 0.6) is 0 Å². The standard InChI is InChI=1S/C21H27F3N6O3/c1-4-17(31)30-6-5-14(15(11-30)33-3)28-16-10-26-19-18(29-16)13(9-25-19)20(32)27-8-12(2)7-21(22,23)24/h4,9-10,12,14-15H,1,5-8,11H2,2-3H3,(H,25,26)(H,27,32)(H,28,29)/t12?,14-,15+/m1/s1. The van der Waals surface area contributed by atoms with E-state index in [1.54, 1.807) is 12.0 Å². The SMILES string of the molecule is C=CC(=O)N1CC[C@@H](Nc2cnc3[nH]cc(C(=O)NCC(C)CC(F)(F)F)c3n2)[C@@H](OC)C1. The summed E-state index contributed by atoms with van der Waals surface area (Å²) < 4.78 is 43.1. The first-order valence-electron chi connectivity index (χ1n) is 10.5. The molecule has 0 bridgehead atoms. The van der Waals surface area contributed by atoms with Gasteiger partial charge in [0.15, 0.2) is 5.65 Å². The first-order chi connectivity index (χ1) is 15.6. The van der Waals surface area contributed by atoms with Gasteiger partial charge in [-0.05, 0) is 18.4 Å². The number of carbonyl (C=O) groups is 2. The smallest absolute Gasteiger partial charge is 0.377 e. The fourth-order valence-corrected chi connectivity index (χ4v) is 3.80. The second kappa shape index (κ2) is 10.2. The zero-order valence-corrected chi connectivity index (χ0v) is 18.4. The number of piperidine rings is 1. The van der Waals surface area contributed by atoms with Crippen LogP contribution < -0.4 is 10.6 Å². The van der Waals surface area contributed by atoms with Gasteiger partial charge >= 0.3 is 6.18 Å². The number of nitrogens with one attached hydrogen (secondary N) is 3. The summed E-state index contributed by atoms with van der Waals surface area (Å²) in [5, 5.41) is 5.78. The Balaban J connectivity index is 1.68. The lowest BCUT2D eigenvalue weighted by Gasteiger charge is -2.37. The first kappa shape index (κ1) is 24.5. The number of anilines is 1. The maximum Gasteiger partial charge on any atom is 0.389 e. The van der Waals surface area contributed by atoms with Crippen LogP contribution in [0.3, 0.4) is 0 Å². The number of aromatic amines is 1. The number of nitrogens with zero attached hydrogens (tertiary/aromatic N) is 3. The molecule has 12 heteroatoms. The third-order valence-electron chi connectivity index (χ3n) is 5.50. The van der Waals surface area contributed by atoms with E-state index in [-0.39, 0.29) is 30.2 Å². The average molecular weight is 468 g/mol. The van der Waals surface area contributed by atoms with Crippen LogP contribution in [0, 0.1) is 5.92 Å². The van der Waals surface area contributed by atoms with Gasteiger partial charge in [0.2, 0.25) is 5.91 Å². The van der Waals surface area contributed by atoms with Gasteiger partial charge in [0.1, 0.15) is 11.3 Å². The van der Waals surface area contributed by atoms with Crippen molar-refractivity contribution in [2.24, 2.45) is 5.92 Å². The molecule has 2 aromatic heterocycles. The summed E-state index contributed by atoms with van der Waals surface area (Å²) in [6, 6.07) is -0.143. The molecule has 0 spiro atoms. The van der Waals surface area contributed by atoms with Crippen molar-refractivity contribution in [3.05, 3.63) is 30.6 Å². The number of H-pyrrole nitrogens is 1. The monoisotopic (exact) mass is 468 g/mol. The van der Waals surface area contributed by atoms with E-state index in [1.165, 1.54) is 25.4 Å². The van der Waals surface area contributed by atoms with Gasteiger partial charge in [-0.15, -0.1) is 0 Å². The fourth-order valence-electron chi connectivity index (χ4n) is 3.80. The van der Waals surface area contributed by atoms with Crippen molar-refractivity contribution in [3.63, 3.8) is 0 Å². The zero-order valence-electron chi connectivity index (χ0n) is 18.4. The molecule has 3 heterocycles. The van der Waals surface area contributed by atoms with Crippen LogP contribution in [0.25, 0.3) is 11.2 Å². The molecule has 1 aliphatic heterocycles. The summed E-state index contributed by atoms with van der Waals surface area (Å²) in [6.07, 6.45) is -0.740. The van der Waals surface area contributed by atoms with Crippen LogP contribution in [0.4, 0.5) is 19.0 Å². The van der Waals surface area contributed by atoms with Crippen molar-refractivity contribution in [3.8, 4) is 0 Å². The Labute approximate surface area is 188 Å². The minimum atomic E-state index is -4.29. The van der Waals surface area contributed by atoms with Crippen LogP contribution >= 0.6 is 0 Å². The van der Waals surface area contributed by atoms with Gasteiger partial charge in [0.25, 0.3) is 5.91 Å². The molecule has 0 aliphatic carbocycles. The highest BCUT2D eigenvalue weighted by molar-refractivity contribution is 6.04. The van der Waals surface area contributed by atoms with Gasteiger partial charge in [-0.1, -0.05) is 13.5 Å². The highest BCUT2D eigenvalue weighted by Gasteiger charge is 2.32. The molecule has 0 aromatic carbocycles. The lowest BCUT2D eigenvalue weighted by Crippen LogP contribution is -2.52. The fraction of sp³-hybridized carbons (Fsp3) is 0.524. The number of hydrogen-bond donors (Lipinski definition) is 3. The van der Waals surface area contributed by atoms with Crippen LogP contribution in [0.15, 0.2) is 25.0 Å². The number of methoxy groups -OCH3 is 1. The first-order valence-corrected chi connectivity index (χ1v) is 10.5. The van der Waals surface area contributed by atoms with Crippen LogP contribution in [-0.4, -0.2) is 76.7 Å². The van der Waals surface area contributed by atoms with Crippen molar-refractivity contribution in [2.75, 3.05) is 32.1 Å². The van der Waals surface area contributed by atoms with Crippen LogP contribution in [0.1, 0.15) is 30.1 Å². The Morgan fingerprint density at radius 3 is 2.88 bits per heavy atom. The Morgan fingerprint density at radius 2 is 2.21 bits per heavy atom. The van der Waals surface area contributed by atoms with Crippen LogP contribution in [0.2, 0.25) is 0 Å². The molecule has 180 valence electrons. The largest absolute Gasteiger partial charge is 0.389 e. The summed E-state index contributed by atoms with van der Waals surface area (Å²) in [5.41, 5.74) is 0.869. The number of amides is 2. The number of fused-ring (bicyclic) bond motifs is 1. The van der Waals surface area contributed by atoms with Crippen molar-refractivity contribution in [2.45, 2.75) is 38.1 Å². The number of aromatic nitrogens is 3. The van der Waals surface area contributed by atoms with E-state index < -0.39 is 24.4 Å². The van der Waals surface area contributed by atoms with Gasteiger partial charge in [-0.2, -0.15) is 13.2 Å². The number of carbonyl (C=O) groups excluding carboxylic acids is 2. The summed E-state index contributed by atoms with van der Waals surface area (Å²) in [6.45, 7) is 5.72. The Hall–Kier alpha value is -3.15. The van der Waals surface area contributed by atoms with Gasteiger partial charge < -0.3 is 25.3 Å². The number of halogens is 3. The quantitative estimate of drug-likeness (QED) is 0.514. The van der Waals surface area contributed by atoms with Gasteiger partial charge in [-0.3, -0.25) is 9.59 Å². The Kier molecular flexibility index (Phi) is 7.57. The molecular formula is C21H27F3N6O3. The highest BCUT2D eigenvalue weighted by Crippen LogP contribution is 2.24. The number of hydrogen-bond acceptors (Lipinski definition) is 6. The molecule has 3 N–H and O–H groups in total. The summed E-state index contributed by atoms with van der Waals surface area (Å²) in [4.78, 5) is 37.7. The third-order valence-corrected chi connectivity index (χ3v) is 5.50. The minimum Gasteiger partial charge on any atom is -0.377 e. The molecule has 1 saturated heterocycles. The molecule has 33 heavy (non-hydrogen) atoms. The predicted octanol–water partition coefficient (Wildman–Crippen LogP) is 2.49. The lowest BCUT2D eigenvalue weighted by atomic mass is 10.0. The van der Waals surface area contributed by atoms with Crippen LogP contribution in [-0.2, 0) is 9.53 Å². The second-order valence-electron chi connectivity index (χ2n) is 8.09. The molecule has 1 unspecified atom stereocenters. The maximum absolute atomic E-state index is 12.6. The Bertz CT molecular complexity index is 1010. The van der Waals surface area contributed by atoms with Crippen molar-refractivity contribution >= 4 is 28.8 Å². The minimum absolute atomic E-state index is 0.117. The van der Waals surface area contributed by atoms with Gasteiger partial charge in [-0.25, -0.2) is 9.97 Å². The summed E-state index contributed by atoms with van der Waals surface area (Å²) in [7, 11) is 1.56. The molecule has 3 atom stereocenters. The van der Waals surface area contributed by atoms with Crippen molar-refractivity contribution in [1.82, 2.24) is 25.2 Å². The van der Waals surface area contributed by atoms with Gasteiger partial charge in [0, 0.05) is 39.4 Å². The topological polar surface area (TPSA) is 112 Å². The zero-order chi connectivity index (χ0) is 24.2. The molecule has 2 amide bonds. The second-order valence-corrected chi connectivity index (χ2v) is 8.09. The number of alkyl halides is 3. The molecule has 0 saturated carbocycles. The average Bonchev–Trinajstić information content (AvgIpc) is 3.19. The number of ether oxygens (including phenoxy) is 1. The number of likely N-dealkylation sites (tertiary alicyclic amines) is 1. The van der Waals surface area contributed by atoms with E-state index in [1.807, 2.05) is 0 Å². The molecule has 9 nitrogen and oxygen atoms in total. The highest BCUT2D eigenvalue weighted by atomic mass is 19.4. The van der Waals surface area contributed by atoms with Crippen molar-refractivity contribution in [1.29, 1.82) is 0 Å². The molecule has 1 fully saturated rings. The molecule has 0 radical (unpaired) electrons. The van der Waals surface area contributed by atoms with E-state index in [0.717, 1.165) is 0 Å². The summed E-state index contributed by atoms with van der Waals surface area (Å²) in [5.74, 6) is -1.04. The lowest BCUT2D eigenvalue weighted by molar-refractivity contribution is -0.142.